The van der Waals surface area contributed by atoms with Crippen molar-refractivity contribution in [1.82, 2.24) is 14.9 Å². The molecule has 0 aromatic carbocycles. The summed E-state index contributed by atoms with van der Waals surface area (Å²) in [6.07, 6.45) is 10.5. The molecule has 1 aliphatic heterocycles. The van der Waals surface area contributed by atoms with E-state index < -0.39 is 0 Å². The molecule has 1 N–H and O–H groups in total. The third-order valence-electron chi connectivity index (χ3n) is 3.43. The van der Waals surface area contributed by atoms with Crippen molar-refractivity contribution in [3.05, 3.63) is 18.6 Å². The van der Waals surface area contributed by atoms with Crippen LogP contribution in [0.15, 0.2) is 18.6 Å². The minimum Gasteiger partial charge on any atom is -0.369 e. The van der Waals surface area contributed by atoms with E-state index in [0.29, 0.717) is 0 Å². The van der Waals surface area contributed by atoms with E-state index in [9.17, 15) is 0 Å². The number of rotatable bonds is 5. The first kappa shape index (κ1) is 12.3. The molecule has 0 amide bonds. The zero-order valence-corrected chi connectivity index (χ0v) is 10.6. The van der Waals surface area contributed by atoms with Gasteiger partial charge in [0, 0.05) is 31.5 Å². The maximum atomic E-state index is 4.19. The standard InChI is InChI=1S/C13H22N4/c1-12-5-2-3-9-17(12)10-4-6-15-13-11-14-7-8-16-13/h7-8,11-12H,2-6,9-10H2,1H3,(H,15,16). The fraction of sp³-hybridized carbons (Fsp3) is 0.692. The molecule has 17 heavy (non-hydrogen) atoms. The van der Waals surface area contributed by atoms with Crippen LogP contribution in [0.2, 0.25) is 0 Å². The predicted molar refractivity (Wildman–Crippen MR) is 70.0 cm³/mol. The summed E-state index contributed by atoms with van der Waals surface area (Å²) in [5.41, 5.74) is 0. The summed E-state index contributed by atoms with van der Waals surface area (Å²) in [5, 5.41) is 3.30. The monoisotopic (exact) mass is 234 g/mol. The van der Waals surface area contributed by atoms with Gasteiger partial charge in [0.25, 0.3) is 0 Å². The topological polar surface area (TPSA) is 41.0 Å². The van der Waals surface area contributed by atoms with Gasteiger partial charge in [0.05, 0.1) is 6.20 Å². The Balaban J connectivity index is 1.63. The largest absolute Gasteiger partial charge is 0.369 e. The van der Waals surface area contributed by atoms with Crippen molar-refractivity contribution >= 4 is 5.82 Å². The number of hydrogen-bond donors (Lipinski definition) is 1. The van der Waals surface area contributed by atoms with E-state index in [2.05, 4.69) is 27.1 Å². The molecule has 0 bridgehead atoms. The van der Waals surface area contributed by atoms with Crippen LogP contribution in [-0.4, -0.2) is 40.5 Å². The van der Waals surface area contributed by atoms with Crippen LogP contribution in [-0.2, 0) is 0 Å². The van der Waals surface area contributed by atoms with E-state index in [1.54, 1.807) is 18.6 Å². The fourth-order valence-corrected chi connectivity index (χ4v) is 2.38. The number of anilines is 1. The molecule has 2 rings (SSSR count). The molecular formula is C13H22N4. The maximum absolute atomic E-state index is 4.19. The third kappa shape index (κ3) is 3.97. The van der Waals surface area contributed by atoms with Crippen LogP contribution in [0, 0.1) is 0 Å². The van der Waals surface area contributed by atoms with Crippen molar-refractivity contribution in [2.24, 2.45) is 0 Å². The summed E-state index contributed by atoms with van der Waals surface area (Å²) in [5.74, 6) is 0.874. The predicted octanol–water partition coefficient (Wildman–Crippen LogP) is 2.15. The molecule has 1 aromatic heterocycles. The Bertz CT molecular complexity index is 314. The SMILES string of the molecule is CC1CCCCN1CCCNc1cnccn1. The summed E-state index contributed by atoms with van der Waals surface area (Å²) < 4.78 is 0. The molecule has 1 aliphatic rings. The molecule has 0 aliphatic carbocycles. The van der Waals surface area contributed by atoms with Crippen LogP contribution in [0.3, 0.4) is 0 Å². The lowest BCUT2D eigenvalue weighted by Crippen LogP contribution is -2.38. The molecule has 1 atom stereocenters. The van der Waals surface area contributed by atoms with Crippen LogP contribution in [0.5, 0.6) is 0 Å². The molecule has 2 heterocycles. The van der Waals surface area contributed by atoms with Crippen molar-refractivity contribution < 1.29 is 0 Å². The van der Waals surface area contributed by atoms with E-state index in [0.717, 1.165) is 18.4 Å². The van der Waals surface area contributed by atoms with Crippen LogP contribution < -0.4 is 5.32 Å². The Morgan fingerprint density at radius 1 is 1.41 bits per heavy atom. The zero-order chi connectivity index (χ0) is 11.9. The second kappa shape index (κ2) is 6.55. The first-order chi connectivity index (χ1) is 8.36. The molecule has 0 saturated carbocycles. The Morgan fingerprint density at radius 3 is 3.12 bits per heavy atom. The van der Waals surface area contributed by atoms with E-state index in [4.69, 9.17) is 0 Å². The van der Waals surface area contributed by atoms with E-state index in [1.165, 1.54) is 38.8 Å². The molecule has 1 aromatic rings. The molecule has 0 radical (unpaired) electrons. The van der Waals surface area contributed by atoms with Gasteiger partial charge in [-0.25, -0.2) is 4.98 Å². The molecular weight excluding hydrogens is 212 g/mol. The minimum atomic E-state index is 0.764. The normalized spacial score (nSPS) is 21.4. The number of likely N-dealkylation sites (tertiary alicyclic amines) is 1. The van der Waals surface area contributed by atoms with Crippen molar-refractivity contribution in [3.8, 4) is 0 Å². The Hall–Kier alpha value is -1.16. The molecule has 94 valence electrons. The van der Waals surface area contributed by atoms with Crippen LogP contribution in [0.4, 0.5) is 5.82 Å². The number of piperidine rings is 1. The molecule has 1 unspecified atom stereocenters. The second-order valence-corrected chi connectivity index (χ2v) is 4.75. The smallest absolute Gasteiger partial charge is 0.144 e. The first-order valence-electron chi connectivity index (χ1n) is 6.60. The highest BCUT2D eigenvalue weighted by molar-refractivity contribution is 5.29. The van der Waals surface area contributed by atoms with E-state index in [-0.39, 0.29) is 0 Å². The van der Waals surface area contributed by atoms with E-state index >= 15 is 0 Å². The molecule has 0 spiro atoms. The highest BCUT2D eigenvalue weighted by Crippen LogP contribution is 2.16. The number of nitrogens with one attached hydrogen (secondary N) is 1. The molecule has 1 fully saturated rings. The van der Waals surface area contributed by atoms with Gasteiger partial charge >= 0.3 is 0 Å². The van der Waals surface area contributed by atoms with Gasteiger partial charge < -0.3 is 10.2 Å². The van der Waals surface area contributed by atoms with Crippen LogP contribution >= 0.6 is 0 Å². The summed E-state index contributed by atoms with van der Waals surface area (Å²) in [7, 11) is 0. The van der Waals surface area contributed by atoms with Gasteiger partial charge in [0.15, 0.2) is 0 Å². The Morgan fingerprint density at radius 2 is 2.35 bits per heavy atom. The van der Waals surface area contributed by atoms with Gasteiger partial charge in [0.2, 0.25) is 0 Å². The third-order valence-corrected chi connectivity index (χ3v) is 3.43. The fourth-order valence-electron chi connectivity index (χ4n) is 2.38. The summed E-state index contributed by atoms with van der Waals surface area (Å²) >= 11 is 0. The van der Waals surface area contributed by atoms with Gasteiger partial charge in [-0.1, -0.05) is 6.42 Å². The quantitative estimate of drug-likeness (QED) is 0.793. The lowest BCUT2D eigenvalue weighted by Gasteiger charge is -2.33. The van der Waals surface area contributed by atoms with Gasteiger partial charge in [-0.05, 0) is 32.7 Å². The lowest BCUT2D eigenvalue weighted by atomic mass is 10.0. The zero-order valence-electron chi connectivity index (χ0n) is 10.6. The van der Waals surface area contributed by atoms with Crippen LogP contribution in [0.25, 0.3) is 0 Å². The molecule has 4 heteroatoms. The summed E-state index contributed by atoms with van der Waals surface area (Å²) in [4.78, 5) is 10.8. The van der Waals surface area contributed by atoms with Gasteiger partial charge in [-0.15, -0.1) is 0 Å². The first-order valence-corrected chi connectivity index (χ1v) is 6.60. The number of aromatic nitrogens is 2. The Kier molecular flexibility index (Phi) is 4.74. The summed E-state index contributed by atoms with van der Waals surface area (Å²) in [6, 6.07) is 0.764. The number of nitrogens with zero attached hydrogens (tertiary/aromatic N) is 3. The highest BCUT2D eigenvalue weighted by atomic mass is 15.2. The average Bonchev–Trinajstić information content (AvgIpc) is 2.38. The lowest BCUT2D eigenvalue weighted by molar-refractivity contribution is 0.160. The maximum Gasteiger partial charge on any atom is 0.144 e. The second-order valence-electron chi connectivity index (χ2n) is 4.75. The van der Waals surface area contributed by atoms with Crippen molar-refractivity contribution in [2.45, 2.75) is 38.6 Å². The molecule has 4 nitrogen and oxygen atoms in total. The Labute approximate surface area is 103 Å². The van der Waals surface area contributed by atoms with Gasteiger partial charge in [-0.2, -0.15) is 0 Å². The number of hydrogen-bond acceptors (Lipinski definition) is 4. The summed E-state index contributed by atoms with van der Waals surface area (Å²) in [6.45, 7) is 5.78. The van der Waals surface area contributed by atoms with Gasteiger partial charge in [0.1, 0.15) is 5.82 Å². The van der Waals surface area contributed by atoms with Crippen molar-refractivity contribution in [1.29, 1.82) is 0 Å². The molecule has 1 saturated heterocycles. The van der Waals surface area contributed by atoms with Crippen LogP contribution in [0.1, 0.15) is 32.6 Å². The van der Waals surface area contributed by atoms with Crippen molar-refractivity contribution in [3.63, 3.8) is 0 Å². The van der Waals surface area contributed by atoms with E-state index in [1.807, 2.05) is 0 Å². The average molecular weight is 234 g/mol. The van der Waals surface area contributed by atoms with Crippen molar-refractivity contribution in [2.75, 3.05) is 25.0 Å². The van der Waals surface area contributed by atoms with Gasteiger partial charge in [-0.3, -0.25) is 4.98 Å². The highest BCUT2D eigenvalue weighted by Gasteiger charge is 2.16. The minimum absolute atomic E-state index is 0.764.